The summed E-state index contributed by atoms with van der Waals surface area (Å²) >= 11 is 0. The highest BCUT2D eigenvalue weighted by Crippen LogP contribution is 2.13. The van der Waals surface area contributed by atoms with Crippen molar-refractivity contribution in [1.29, 1.82) is 0 Å². The highest BCUT2D eigenvalue weighted by Gasteiger charge is 2.11. The minimum Gasteiger partial charge on any atom is -0.480 e. The maximum atomic E-state index is 10.5. The van der Waals surface area contributed by atoms with Gasteiger partial charge in [-0.3, -0.25) is 4.79 Å². The van der Waals surface area contributed by atoms with Gasteiger partial charge in [0, 0.05) is 19.8 Å². The molecule has 0 aliphatic carbocycles. The van der Waals surface area contributed by atoms with Crippen LogP contribution in [0.5, 0.6) is 0 Å². The summed E-state index contributed by atoms with van der Waals surface area (Å²) in [5.41, 5.74) is 7.46. The molecule has 4 heteroatoms. The smallest absolute Gasteiger partial charge is 0.320 e. The Bertz CT molecular complexity index is 333. The van der Waals surface area contributed by atoms with Crippen molar-refractivity contribution in [3.63, 3.8) is 0 Å². The van der Waals surface area contributed by atoms with Crippen molar-refractivity contribution in [3.8, 4) is 0 Å². The van der Waals surface area contributed by atoms with Crippen LogP contribution in [0.25, 0.3) is 0 Å². The summed E-state index contributed by atoms with van der Waals surface area (Å²) in [7, 11) is 3.91. The van der Waals surface area contributed by atoms with Crippen LogP contribution in [0.1, 0.15) is 5.56 Å². The van der Waals surface area contributed by atoms with Crippen molar-refractivity contribution in [2.45, 2.75) is 12.5 Å². The minimum absolute atomic E-state index is 0.364. The molecule has 0 aliphatic heterocycles. The molecule has 0 aromatic heterocycles. The van der Waals surface area contributed by atoms with E-state index in [4.69, 9.17) is 10.8 Å². The second-order valence-electron chi connectivity index (χ2n) is 3.71. The van der Waals surface area contributed by atoms with Gasteiger partial charge in [0.05, 0.1) is 0 Å². The fraction of sp³-hybridized carbons (Fsp3) is 0.364. The number of hydrogen-bond donors (Lipinski definition) is 2. The molecule has 0 saturated carbocycles. The highest BCUT2D eigenvalue weighted by molar-refractivity contribution is 5.73. The van der Waals surface area contributed by atoms with Gasteiger partial charge in [0.15, 0.2) is 0 Å². The van der Waals surface area contributed by atoms with Gasteiger partial charge < -0.3 is 15.7 Å². The molecular weight excluding hydrogens is 192 g/mol. The summed E-state index contributed by atoms with van der Waals surface area (Å²) in [6.45, 7) is 0. The molecule has 4 nitrogen and oxygen atoms in total. The number of hydrogen-bond acceptors (Lipinski definition) is 3. The van der Waals surface area contributed by atoms with Gasteiger partial charge in [-0.2, -0.15) is 0 Å². The molecule has 0 spiro atoms. The fourth-order valence-electron chi connectivity index (χ4n) is 1.27. The van der Waals surface area contributed by atoms with Crippen LogP contribution in [-0.2, 0) is 11.2 Å². The normalized spacial score (nSPS) is 12.2. The van der Waals surface area contributed by atoms with E-state index in [9.17, 15) is 4.79 Å². The summed E-state index contributed by atoms with van der Waals surface area (Å²) in [6, 6.07) is 6.87. The minimum atomic E-state index is -0.966. The third-order valence-electron chi connectivity index (χ3n) is 2.23. The maximum Gasteiger partial charge on any atom is 0.320 e. The van der Waals surface area contributed by atoms with E-state index in [-0.39, 0.29) is 0 Å². The number of nitrogens with two attached hydrogens (primary N) is 1. The lowest BCUT2D eigenvalue weighted by molar-refractivity contribution is -0.138. The van der Waals surface area contributed by atoms with Crippen molar-refractivity contribution in [3.05, 3.63) is 29.8 Å². The molecule has 15 heavy (non-hydrogen) atoms. The van der Waals surface area contributed by atoms with Gasteiger partial charge in [-0.05, 0) is 24.1 Å². The van der Waals surface area contributed by atoms with E-state index in [0.29, 0.717) is 6.42 Å². The number of rotatable bonds is 4. The van der Waals surface area contributed by atoms with Gasteiger partial charge in [0.1, 0.15) is 6.04 Å². The largest absolute Gasteiger partial charge is 0.480 e. The van der Waals surface area contributed by atoms with E-state index < -0.39 is 12.0 Å². The average Bonchev–Trinajstić information content (AvgIpc) is 2.18. The molecule has 1 atom stereocenters. The summed E-state index contributed by atoms with van der Waals surface area (Å²) in [6.07, 6.45) is 0.364. The Balaban J connectivity index is 2.68. The van der Waals surface area contributed by atoms with Gasteiger partial charge in [-0.25, -0.2) is 0 Å². The molecule has 82 valence electrons. The summed E-state index contributed by atoms with van der Waals surface area (Å²) in [5.74, 6) is -0.966. The fourth-order valence-corrected chi connectivity index (χ4v) is 1.27. The monoisotopic (exact) mass is 208 g/mol. The Morgan fingerprint density at radius 3 is 2.33 bits per heavy atom. The summed E-state index contributed by atoms with van der Waals surface area (Å²) < 4.78 is 0. The molecular formula is C11H16N2O2. The Morgan fingerprint density at radius 1 is 1.40 bits per heavy atom. The summed E-state index contributed by atoms with van der Waals surface area (Å²) in [5, 5.41) is 8.65. The predicted octanol–water partition coefficient (Wildman–Crippen LogP) is 0.707. The number of aliphatic carboxylic acids is 1. The van der Waals surface area contributed by atoms with Crippen LogP contribution in [-0.4, -0.2) is 31.2 Å². The molecule has 0 saturated heterocycles. The number of carbonyl (C=O) groups is 1. The lowest BCUT2D eigenvalue weighted by atomic mass is 10.1. The van der Waals surface area contributed by atoms with Gasteiger partial charge >= 0.3 is 5.97 Å². The SMILES string of the molecule is CN(C)c1ccc(C[C@H](N)C(=O)O)cc1. The first-order chi connectivity index (χ1) is 7.00. The highest BCUT2D eigenvalue weighted by atomic mass is 16.4. The van der Waals surface area contributed by atoms with Crippen LogP contribution in [0.3, 0.4) is 0 Å². The molecule has 0 amide bonds. The van der Waals surface area contributed by atoms with E-state index in [1.54, 1.807) is 0 Å². The van der Waals surface area contributed by atoms with Crippen LogP contribution in [0.4, 0.5) is 5.69 Å². The molecule has 0 heterocycles. The van der Waals surface area contributed by atoms with Crippen molar-refractivity contribution in [2.24, 2.45) is 5.73 Å². The van der Waals surface area contributed by atoms with Gasteiger partial charge in [-0.1, -0.05) is 12.1 Å². The van der Waals surface area contributed by atoms with Gasteiger partial charge in [-0.15, -0.1) is 0 Å². The predicted molar refractivity (Wildman–Crippen MR) is 60.1 cm³/mol. The molecule has 1 aromatic rings. The zero-order valence-electron chi connectivity index (χ0n) is 8.97. The second-order valence-corrected chi connectivity index (χ2v) is 3.71. The van der Waals surface area contributed by atoms with E-state index >= 15 is 0 Å². The first kappa shape index (κ1) is 11.5. The number of nitrogens with zero attached hydrogens (tertiary/aromatic N) is 1. The number of benzene rings is 1. The van der Waals surface area contributed by atoms with Crippen LogP contribution in [0.2, 0.25) is 0 Å². The van der Waals surface area contributed by atoms with Crippen molar-refractivity contribution < 1.29 is 9.90 Å². The molecule has 0 radical (unpaired) electrons. The van der Waals surface area contributed by atoms with Gasteiger partial charge in [0.2, 0.25) is 0 Å². The Labute approximate surface area is 89.3 Å². The van der Waals surface area contributed by atoms with E-state index in [1.807, 2.05) is 43.3 Å². The van der Waals surface area contributed by atoms with E-state index in [1.165, 1.54) is 0 Å². The van der Waals surface area contributed by atoms with Crippen molar-refractivity contribution >= 4 is 11.7 Å². The number of carboxylic acids is 1. The van der Waals surface area contributed by atoms with Crippen LogP contribution in [0, 0.1) is 0 Å². The van der Waals surface area contributed by atoms with Crippen molar-refractivity contribution in [2.75, 3.05) is 19.0 Å². The first-order valence-electron chi connectivity index (χ1n) is 4.75. The topological polar surface area (TPSA) is 66.6 Å². The molecule has 1 rings (SSSR count). The average molecular weight is 208 g/mol. The van der Waals surface area contributed by atoms with E-state index in [2.05, 4.69) is 0 Å². The maximum absolute atomic E-state index is 10.5. The third kappa shape index (κ3) is 3.25. The zero-order chi connectivity index (χ0) is 11.4. The third-order valence-corrected chi connectivity index (χ3v) is 2.23. The Hall–Kier alpha value is -1.55. The summed E-state index contributed by atoms with van der Waals surface area (Å²) in [4.78, 5) is 12.5. The lowest BCUT2D eigenvalue weighted by Gasteiger charge is -2.13. The lowest BCUT2D eigenvalue weighted by Crippen LogP contribution is -2.32. The van der Waals surface area contributed by atoms with Gasteiger partial charge in [0.25, 0.3) is 0 Å². The molecule has 0 bridgehead atoms. The van der Waals surface area contributed by atoms with E-state index in [0.717, 1.165) is 11.3 Å². The van der Waals surface area contributed by atoms with Crippen LogP contribution < -0.4 is 10.6 Å². The Morgan fingerprint density at radius 2 is 1.93 bits per heavy atom. The Kier molecular flexibility index (Phi) is 3.68. The first-order valence-corrected chi connectivity index (χ1v) is 4.75. The van der Waals surface area contributed by atoms with Crippen molar-refractivity contribution in [1.82, 2.24) is 0 Å². The standard InChI is InChI=1S/C11H16N2O2/c1-13(2)9-5-3-8(4-6-9)7-10(12)11(14)15/h3-6,10H,7,12H2,1-2H3,(H,14,15)/t10-/m0/s1. The zero-order valence-corrected chi connectivity index (χ0v) is 8.97. The molecule has 0 aliphatic rings. The molecule has 1 aromatic carbocycles. The number of carboxylic acid groups (broad SMARTS) is 1. The molecule has 3 N–H and O–H groups in total. The van der Waals surface area contributed by atoms with Crippen LogP contribution >= 0.6 is 0 Å². The second kappa shape index (κ2) is 4.79. The van der Waals surface area contributed by atoms with Crippen LogP contribution in [0.15, 0.2) is 24.3 Å². The molecule has 0 unspecified atom stereocenters. The molecule has 0 fully saturated rings. The quantitative estimate of drug-likeness (QED) is 0.764. The number of anilines is 1.